The number of hydrogen-bond donors (Lipinski definition) is 3. The topological polar surface area (TPSA) is 98.5 Å². The summed E-state index contributed by atoms with van der Waals surface area (Å²) in [4.78, 5) is 18.0. The van der Waals surface area contributed by atoms with Crippen LogP contribution >= 0.6 is 11.3 Å². The molecular formula is C28H34N5O3S+. The van der Waals surface area contributed by atoms with Crippen molar-refractivity contribution >= 4 is 39.4 Å². The number of nitrogen functional groups attached to an aromatic ring is 1. The summed E-state index contributed by atoms with van der Waals surface area (Å²) in [6.07, 6.45) is 6.39. The van der Waals surface area contributed by atoms with Crippen LogP contribution in [-0.2, 0) is 0 Å². The van der Waals surface area contributed by atoms with Crippen LogP contribution in [0.25, 0.3) is 0 Å². The number of nitrogens with one attached hydrogen (secondary N) is 2. The smallest absolute Gasteiger partial charge is 0.206 e. The molecule has 6 rings (SSSR count). The molecule has 0 spiro atoms. The zero-order chi connectivity index (χ0) is 25.2. The summed E-state index contributed by atoms with van der Waals surface area (Å²) >= 11 is 1.27. The average Bonchev–Trinajstić information content (AvgIpc) is 3.33. The minimum atomic E-state index is -0.172. The Bertz CT molecular complexity index is 1260. The van der Waals surface area contributed by atoms with Crippen LogP contribution in [0.1, 0.15) is 47.3 Å². The number of quaternary nitrogens is 1. The van der Waals surface area contributed by atoms with Crippen LogP contribution in [0.3, 0.4) is 0 Å². The number of hydrogen-bond acceptors (Lipinski definition) is 8. The maximum absolute atomic E-state index is 13.2. The first-order valence-electron chi connectivity index (χ1n) is 13.3. The Balaban J connectivity index is 1.19. The molecule has 37 heavy (non-hydrogen) atoms. The van der Waals surface area contributed by atoms with Gasteiger partial charge in [0.15, 0.2) is 16.6 Å². The molecule has 0 atom stereocenters. The molecule has 4 heterocycles. The molecule has 0 amide bonds. The van der Waals surface area contributed by atoms with Crippen molar-refractivity contribution in [1.29, 1.82) is 0 Å². The fourth-order valence-corrected chi connectivity index (χ4v) is 6.91. The predicted molar refractivity (Wildman–Crippen MR) is 148 cm³/mol. The van der Waals surface area contributed by atoms with Crippen LogP contribution in [0.5, 0.6) is 11.5 Å². The van der Waals surface area contributed by atoms with E-state index in [2.05, 4.69) is 39.9 Å². The van der Waals surface area contributed by atoms with Gasteiger partial charge in [-0.25, -0.2) is 4.98 Å². The number of fused-ring (bicyclic) bond motifs is 1. The van der Waals surface area contributed by atoms with Crippen molar-refractivity contribution < 1.29 is 14.3 Å². The van der Waals surface area contributed by atoms with Crippen molar-refractivity contribution in [3.63, 3.8) is 0 Å². The van der Waals surface area contributed by atoms with E-state index in [1.165, 1.54) is 62.2 Å². The zero-order valence-corrected chi connectivity index (χ0v) is 21.8. The van der Waals surface area contributed by atoms with E-state index >= 15 is 0 Å². The lowest BCUT2D eigenvalue weighted by atomic mass is 9.95. The fourth-order valence-electron chi connectivity index (χ4n) is 6.04. The molecule has 2 aromatic carbocycles. The third-order valence-corrected chi connectivity index (χ3v) is 8.90. The number of carbonyl (C=O) groups excluding carboxylic acids is 1. The second-order valence-corrected chi connectivity index (χ2v) is 11.1. The van der Waals surface area contributed by atoms with Crippen LogP contribution in [-0.4, -0.2) is 56.2 Å². The highest BCUT2D eigenvalue weighted by atomic mass is 32.1. The molecule has 194 valence electrons. The summed E-state index contributed by atoms with van der Waals surface area (Å²) in [6.45, 7) is 5.66. The lowest BCUT2D eigenvalue weighted by Gasteiger charge is -2.48. The van der Waals surface area contributed by atoms with Crippen molar-refractivity contribution in [2.75, 3.05) is 50.4 Å². The van der Waals surface area contributed by atoms with Gasteiger partial charge < -0.3 is 25.8 Å². The number of ketones is 1. The highest BCUT2D eigenvalue weighted by Gasteiger charge is 2.40. The van der Waals surface area contributed by atoms with Crippen LogP contribution in [0.4, 0.5) is 22.3 Å². The Hall–Kier alpha value is -3.14. The normalized spacial score (nSPS) is 19.4. The summed E-state index contributed by atoms with van der Waals surface area (Å²) in [7, 11) is 0. The average molecular weight is 521 g/mol. The lowest BCUT2D eigenvalue weighted by molar-refractivity contribution is 0.104. The van der Waals surface area contributed by atoms with Crippen LogP contribution in [0, 0.1) is 0 Å². The van der Waals surface area contributed by atoms with Gasteiger partial charge in [0.2, 0.25) is 5.78 Å². The number of aromatic nitrogens is 1. The molecule has 0 bridgehead atoms. The third kappa shape index (κ3) is 4.79. The van der Waals surface area contributed by atoms with E-state index in [1.54, 1.807) is 18.2 Å². The Morgan fingerprint density at radius 2 is 1.73 bits per heavy atom. The number of piperidine rings is 2. The van der Waals surface area contributed by atoms with Crippen LogP contribution in [0.2, 0.25) is 0 Å². The summed E-state index contributed by atoms with van der Waals surface area (Å²) in [5.41, 5.74) is 9.02. The van der Waals surface area contributed by atoms with Crippen molar-refractivity contribution in [2.45, 2.75) is 38.1 Å². The highest BCUT2D eigenvalue weighted by Crippen LogP contribution is 2.37. The second-order valence-electron chi connectivity index (χ2n) is 10.1. The Labute approximate surface area is 221 Å². The third-order valence-electron chi connectivity index (χ3n) is 7.92. The fraction of sp³-hybridized carbons (Fsp3) is 0.429. The summed E-state index contributed by atoms with van der Waals surface area (Å²) < 4.78 is 12.3. The van der Waals surface area contributed by atoms with E-state index < -0.39 is 0 Å². The first-order valence-corrected chi connectivity index (χ1v) is 14.1. The monoisotopic (exact) mass is 520 g/mol. The standard InChI is InChI=1S/C28H33N5O3S/c29-27-26(25(34)19-4-9-23-24(18-19)36-17-16-35-23)37-28(32-27)31-20-5-7-21(8-6-20)33(14-2-1-3-15-33)22-10-12-30-13-11-22/h4-9,18,22,30H,1-3,10-17H2,(H2-,29,31,32,34)/p+1. The number of carbonyl (C=O) groups is 1. The Morgan fingerprint density at radius 1 is 1.00 bits per heavy atom. The number of nitrogens with two attached hydrogens (primary N) is 1. The Kier molecular flexibility index (Phi) is 6.75. The molecule has 8 nitrogen and oxygen atoms in total. The molecule has 2 fully saturated rings. The number of nitrogens with zero attached hydrogens (tertiary/aromatic N) is 2. The molecule has 4 N–H and O–H groups in total. The molecule has 2 saturated heterocycles. The number of rotatable bonds is 6. The maximum Gasteiger partial charge on any atom is 0.206 e. The summed E-state index contributed by atoms with van der Waals surface area (Å²) in [6, 6.07) is 14.7. The second kappa shape index (κ2) is 10.3. The van der Waals surface area contributed by atoms with Gasteiger partial charge in [0.05, 0.1) is 19.1 Å². The van der Waals surface area contributed by atoms with E-state index in [4.69, 9.17) is 15.2 Å². The van der Waals surface area contributed by atoms with E-state index in [1.807, 2.05) is 0 Å². The number of likely N-dealkylation sites (tertiary alicyclic amines) is 1. The van der Waals surface area contributed by atoms with Crippen molar-refractivity contribution in [3.8, 4) is 11.5 Å². The van der Waals surface area contributed by atoms with Gasteiger partial charge in [0, 0.05) is 49.3 Å². The van der Waals surface area contributed by atoms with Crippen molar-refractivity contribution in [3.05, 3.63) is 52.9 Å². The lowest BCUT2D eigenvalue weighted by Crippen LogP contribution is -2.62. The largest absolute Gasteiger partial charge is 0.486 e. The van der Waals surface area contributed by atoms with Gasteiger partial charge in [0.1, 0.15) is 29.6 Å². The zero-order valence-electron chi connectivity index (χ0n) is 21.0. The van der Waals surface area contributed by atoms with Gasteiger partial charge in [-0.15, -0.1) is 0 Å². The van der Waals surface area contributed by atoms with Gasteiger partial charge in [-0.2, -0.15) is 0 Å². The molecule has 3 aliphatic heterocycles. The SMILES string of the molecule is Nc1nc(Nc2ccc([N+]3(C4CCNCC4)CCCCC3)cc2)sc1C(=O)c1ccc2c(c1)OCCO2. The first-order chi connectivity index (χ1) is 18.1. The molecule has 0 aliphatic carbocycles. The molecular weight excluding hydrogens is 486 g/mol. The molecule has 3 aliphatic rings. The van der Waals surface area contributed by atoms with E-state index in [0.29, 0.717) is 46.3 Å². The number of thiazole rings is 1. The maximum atomic E-state index is 13.2. The first kappa shape index (κ1) is 24.2. The number of anilines is 3. The van der Waals surface area contributed by atoms with Gasteiger partial charge in [-0.05, 0) is 49.6 Å². The quantitative estimate of drug-likeness (QED) is 0.320. The Morgan fingerprint density at radius 3 is 2.49 bits per heavy atom. The molecule has 9 heteroatoms. The van der Waals surface area contributed by atoms with Gasteiger partial charge in [-0.3, -0.25) is 9.28 Å². The highest BCUT2D eigenvalue weighted by molar-refractivity contribution is 7.18. The van der Waals surface area contributed by atoms with Crippen LogP contribution < -0.4 is 30.3 Å². The molecule has 0 unspecified atom stereocenters. The number of benzene rings is 2. The summed E-state index contributed by atoms with van der Waals surface area (Å²) in [5, 5.41) is 7.49. The molecule has 0 radical (unpaired) electrons. The molecule has 0 saturated carbocycles. The minimum Gasteiger partial charge on any atom is -0.486 e. The van der Waals surface area contributed by atoms with E-state index in [-0.39, 0.29) is 11.6 Å². The van der Waals surface area contributed by atoms with Gasteiger partial charge in [-0.1, -0.05) is 11.3 Å². The minimum absolute atomic E-state index is 0.172. The van der Waals surface area contributed by atoms with Crippen LogP contribution in [0.15, 0.2) is 42.5 Å². The molecule has 3 aromatic rings. The van der Waals surface area contributed by atoms with Gasteiger partial charge in [0.25, 0.3) is 0 Å². The van der Waals surface area contributed by atoms with Crippen molar-refractivity contribution in [2.24, 2.45) is 0 Å². The van der Waals surface area contributed by atoms with Gasteiger partial charge >= 0.3 is 0 Å². The van der Waals surface area contributed by atoms with E-state index in [0.717, 1.165) is 23.3 Å². The number of ether oxygens (including phenoxy) is 2. The molecule has 1 aromatic heterocycles. The van der Waals surface area contributed by atoms with Crippen molar-refractivity contribution in [1.82, 2.24) is 14.8 Å². The predicted octanol–water partition coefficient (Wildman–Crippen LogP) is 4.71. The van der Waals surface area contributed by atoms with E-state index in [9.17, 15) is 4.79 Å². The summed E-state index contributed by atoms with van der Waals surface area (Å²) in [5.74, 6) is 1.29.